The Morgan fingerprint density at radius 1 is 1.29 bits per heavy atom. The van der Waals surface area contributed by atoms with E-state index in [9.17, 15) is 17.2 Å². The maximum Gasteiger partial charge on any atom is 0.248 e. The molecule has 2 rings (SSSR count). The molecule has 2 N–H and O–H groups in total. The zero-order chi connectivity index (χ0) is 15.6. The van der Waals surface area contributed by atoms with Crippen LogP contribution in [-0.2, 0) is 14.8 Å². The van der Waals surface area contributed by atoms with Crippen LogP contribution >= 0.6 is 0 Å². The molecule has 118 valence electrons. The summed E-state index contributed by atoms with van der Waals surface area (Å²) in [6.07, 6.45) is 1.20. The van der Waals surface area contributed by atoms with Gasteiger partial charge in [0.25, 0.3) is 0 Å². The van der Waals surface area contributed by atoms with Crippen molar-refractivity contribution in [3.63, 3.8) is 0 Å². The lowest BCUT2D eigenvalue weighted by molar-refractivity contribution is 0.121. The molecule has 5 nitrogen and oxygen atoms in total. The average molecular weight is 320 g/mol. The van der Waals surface area contributed by atoms with Crippen LogP contribution < -0.4 is 5.73 Å². The fraction of sp³-hybridized carbons (Fsp3) is 0.538. The topological polar surface area (TPSA) is 72.6 Å². The number of nitrogens with zero attached hydrogens (tertiary/aromatic N) is 1. The second-order valence-electron chi connectivity index (χ2n) is 5.12. The third-order valence-corrected chi connectivity index (χ3v) is 5.55. The molecule has 0 aromatic heterocycles. The Labute approximate surface area is 122 Å². The van der Waals surface area contributed by atoms with E-state index in [0.717, 1.165) is 16.4 Å². The van der Waals surface area contributed by atoms with Crippen molar-refractivity contribution in [2.75, 3.05) is 32.5 Å². The standard InChI is InChI=1S/C13H18F2N2O3S/c1-20-8-9-2-4-17(5-3-9)21(18,19)13-11(14)6-10(16)7-12(13)15/h6-7,9H,2-5,8,16H2,1H3. The third-order valence-electron chi connectivity index (χ3n) is 3.59. The number of benzene rings is 1. The van der Waals surface area contributed by atoms with Crippen molar-refractivity contribution < 1.29 is 21.9 Å². The number of halogens is 2. The van der Waals surface area contributed by atoms with Crippen LogP contribution in [0.4, 0.5) is 14.5 Å². The van der Waals surface area contributed by atoms with Gasteiger partial charge in [-0.05, 0) is 30.9 Å². The average Bonchev–Trinajstić information content (AvgIpc) is 2.38. The summed E-state index contributed by atoms with van der Waals surface area (Å²) >= 11 is 0. The summed E-state index contributed by atoms with van der Waals surface area (Å²) in [4.78, 5) is -0.929. The van der Waals surface area contributed by atoms with Gasteiger partial charge in [0.1, 0.15) is 11.6 Å². The summed E-state index contributed by atoms with van der Waals surface area (Å²) in [5, 5.41) is 0. The number of hydrogen-bond acceptors (Lipinski definition) is 4. The quantitative estimate of drug-likeness (QED) is 0.855. The van der Waals surface area contributed by atoms with Crippen molar-refractivity contribution in [3.8, 4) is 0 Å². The second-order valence-corrected chi connectivity index (χ2v) is 6.99. The number of nitrogens with two attached hydrogens (primary N) is 1. The van der Waals surface area contributed by atoms with Gasteiger partial charge < -0.3 is 10.5 Å². The minimum absolute atomic E-state index is 0.150. The summed E-state index contributed by atoms with van der Waals surface area (Å²) < 4.78 is 58.5. The predicted octanol–water partition coefficient (Wildman–Crippen LogP) is 1.59. The van der Waals surface area contributed by atoms with Gasteiger partial charge in [-0.3, -0.25) is 0 Å². The first-order valence-electron chi connectivity index (χ1n) is 6.60. The molecule has 21 heavy (non-hydrogen) atoms. The molecule has 0 saturated carbocycles. The summed E-state index contributed by atoms with van der Waals surface area (Å²) in [5.74, 6) is -2.06. The van der Waals surface area contributed by atoms with E-state index in [1.54, 1.807) is 7.11 Å². The van der Waals surface area contributed by atoms with Gasteiger partial charge in [-0.15, -0.1) is 0 Å². The van der Waals surface area contributed by atoms with Crippen molar-refractivity contribution in [3.05, 3.63) is 23.8 Å². The molecule has 8 heteroatoms. The van der Waals surface area contributed by atoms with Gasteiger partial charge in [0.05, 0.1) is 0 Å². The highest BCUT2D eigenvalue weighted by molar-refractivity contribution is 7.89. The van der Waals surface area contributed by atoms with Gasteiger partial charge in [0.2, 0.25) is 10.0 Å². The molecule has 1 aromatic carbocycles. The van der Waals surface area contributed by atoms with Gasteiger partial charge in [-0.2, -0.15) is 4.31 Å². The maximum absolute atomic E-state index is 13.8. The molecule has 1 aliphatic rings. The molecule has 1 aromatic rings. The lowest BCUT2D eigenvalue weighted by Gasteiger charge is -2.31. The summed E-state index contributed by atoms with van der Waals surface area (Å²) in [5.41, 5.74) is 5.15. The first kappa shape index (κ1) is 16.1. The molecule has 1 fully saturated rings. The Hall–Kier alpha value is -1.25. The molecular formula is C13H18F2N2O3S. The first-order valence-corrected chi connectivity index (χ1v) is 8.04. The van der Waals surface area contributed by atoms with E-state index in [2.05, 4.69) is 0 Å². The third kappa shape index (κ3) is 3.33. The Balaban J connectivity index is 2.24. The van der Waals surface area contributed by atoms with Crippen LogP contribution in [0.3, 0.4) is 0 Å². The zero-order valence-electron chi connectivity index (χ0n) is 11.7. The van der Waals surface area contributed by atoms with Gasteiger partial charge in [-0.1, -0.05) is 0 Å². The number of ether oxygens (including phenoxy) is 1. The fourth-order valence-corrected chi connectivity index (χ4v) is 4.07. The normalized spacial score (nSPS) is 18.0. The molecule has 0 atom stereocenters. The zero-order valence-corrected chi connectivity index (χ0v) is 12.5. The van der Waals surface area contributed by atoms with Crippen LogP contribution in [0.15, 0.2) is 17.0 Å². The van der Waals surface area contributed by atoms with E-state index in [1.807, 2.05) is 0 Å². The van der Waals surface area contributed by atoms with Gasteiger partial charge in [0.15, 0.2) is 4.90 Å². The monoisotopic (exact) mass is 320 g/mol. The van der Waals surface area contributed by atoms with Crippen molar-refractivity contribution in [2.24, 2.45) is 5.92 Å². The first-order chi connectivity index (χ1) is 9.86. The highest BCUT2D eigenvalue weighted by atomic mass is 32.2. The highest BCUT2D eigenvalue weighted by Gasteiger charge is 2.33. The van der Waals surface area contributed by atoms with Crippen LogP contribution in [0.2, 0.25) is 0 Å². The SMILES string of the molecule is COCC1CCN(S(=O)(=O)c2c(F)cc(N)cc2F)CC1. The summed E-state index contributed by atoms with van der Waals surface area (Å²) in [7, 11) is -2.61. The molecule has 0 spiro atoms. The predicted molar refractivity (Wildman–Crippen MR) is 74.1 cm³/mol. The number of nitrogen functional groups attached to an aromatic ring is 1. The lowest BCUT2D eigenvalue weighted by Crippen LogP contribution is -2.40. The van der Waals surface area contributed by atoms with Crippen LogP contribution in [0.1, 0.15) is 12.8 Å². The minimum atomic E-state index is -4.19. The van der Waals surface area contributed by atoms with Gasteiger partial charge in [0, 0.05) is 32.5 Å². The van der Waals surface area contributed by atoms with Gasteiger partial charge in [-0.25, -0.2) is 17.2 Å². The van der Waals surface area contributed by atoms with Gasteiger partial charge >= 0.3 is 0 Å². The molecule has 1 heterocycles. The number of methoxy groups -OCH3 is 1. The largest absolute Gasteiger partial charge is 0.399 e. The molecule has 0 radical (unpaired) electrons. The Morgan fingerprint density at radius 2 is 1.81 bits per heavy atom. The van der Waals surface area contributed by atoms with E-state index in [-0.39, 0.29) is 24.7 Å². The second kappa shape index (κ2) is 6.25. The maximum atomic E-state index is 13.8. The van der Waals surface area contributed by atoms with E-state index >= 15 is 0 Å². The summed E-state index contributed by atoms with van der Waals surface area (Å²) in [6.45, 7) is 0.998. The van der Waals surface area contributed by atoms with Crippen LogP contribution in [0, 0.1) is 17.6 Å². The van der Waals surface area contributed by atoms with Crippen LogP contribution in [-0.4, -0.2) is 39.5 Å². The Kier molecular flexibility index (Phi) is 4.80. The van der Waals surface area contributed by atoms with E-state index in [1.165, 1.54) is 0 Å². The highest BCUT2D eigenvalue weighted by Crippen LogP contribution is 2.28. The Bertz CT molecular complexity index is 591. The number of anilines is 1. The molecular weight excluding hydrogens is 302 g/mol. The number of rotatable bonds is 4. The van der Waals surface area contributed by atoms with E-state index in [4.69, 9.17) is 10.5 Å². The lowest BCUT2D eigenvalue weighted by atomic mass is 9.99. The van der Waals surface area contributed by atoms with E-state index < -0.39 is 26.6 Å². The Morgan fingerprint density at radius 3 is 2.29 bits per heavy atom. The number of piperidine rings is 1. The van der Waals surface area contributed by atoms with Crippen LogP contribution in [0.25, 0.3) is 0 Å². The molecule has 0 bridgehead atoms. The summed E-state index contributed by atoms with van der Waals surface area (Å²) in [6, 6.07) is 1.63. The molecule has 0 unspecified atom stereocenters. The van der Waals surface area contributed by atoms with Crippen LogP contribution in [0.5, 0.6) is 0 Å². The van der Waals surface area contributed by atoms with Crippen molar-refractivity contribution in [1.82, 2.24) is 4.31 Å². The molecule has 0 aliphatic carbocycles. The van der Waals surface area contributed by atoms with Crippen molar-refractivity contribution in [2.45, 2.75) is 17.7 Å². The van der Waals surface area contributed by atoms with Crippen molar-refractivity contribution >= 4 is 15.7 Å². The molecule has 1 aliphatic heterocycles. The van der Waals surface area contributed by atoms with Crippen molar-refractivity contribution in [1.29, 1.82) is 0 Å². The van der Waals surface area contributed by atoms with E-state index in [0.29, 0.717) is 19.4 Å². The minimum Gasteiger partial charge on any atom is -0.399 e. The number of sulfonamides is 1. The molecule has 0 amide bonds. The number of hydrogen-bond donors (Lipinski definition) is 1. The molecule has 1 saturated heterocycles. The fourth-order valence-electron chi connectivity index (χ4n) is 2.51. The smallest absolute Gasteiger partial charge is 0.248 e.